The zero-order chi connectivity index (χ0) is 10.0. The first kappa shape index (κ1) is 10.4. The quantitative estimate of drug-likeness (QED) is 0.699. The molecule has 2 fully saturated rings. The minimum atomic E-state index is -0.601. The van der Waals surface area contributed by atoms with Crippen LogP contribution in [-0.2, 0) is 4.74 Å². The van der Waals surface area contributed by atoms with Crippen molar-refractivity contribution in [1.82, 2.24) is 0 Å². The summed E-state index contributed by atoms with van der Waals surface area (Å²) in [7, 11) is 0. The summed E-state index contributed by atoms with van der Waals surface area (Å²) >= 11 is 0. The van der Waals surface area contributed by atoms with Crippen molar-refractivity contribution in [3.8, 4) is 0 Å². The van der Waals surface area contributed by atoms with E-state index in [0.717, 1.165) is 45.3 Å². The molecule has 0 bridgehead atoms. The molecule has 0 aromatic carbocycles. The molecule has 0 spiro atoms. The second-order valence-electron chi connectivity index (χ2n) is 4.81. The Bertz CT molecular complexity index is 184. The zero-order valence-corrected chi connectivity index (χ0v) is 8.74. The molecule has 0 radical (unpaired) electrons. The number of hydrogen-bond acceptors (Lipinski definition) is 3. The van der Waals surface area contributed by atoms with Crippen LogP contribution in [0.5, 0.6) is 0 Å². The predicted molar refractivity (Wildman–Crippen MR) is 54.9 cm³/mol. The molecule has 1 saturated heterocycles. The predicted octanol–water partition coefficient (Wildman–Crippen LogP) is 1.05. The SMILES string of the molecule is NC(C1CCOC1)C1(O)CCCCC1. The highest BCUT2D eigenvalue weighted by atomic mass is 16.5. The smallest absolute Gasteiger partial charge is 0.0801 e. The Labute approximate surface area is 85.6 Å². The van der Waals surface area contributed by atoms with Gasteiger partial charge in [0.1, 0.15) is 0 Å². The van der Waals surface area contributed by atoms with E-state index in [0.29, 0.717) is 5.92 Å². The maximum absolute atomic E-state index is 10.4. The monoisotopic (exact) mass is 199 g/mol. The summed E-state index contributed by atoms with van der Waals surface area (Å²) in [4.78, 5) is 0. The third kappa shape index (κ3) is 1.95. The first-order valence-electron chi connectivity index (χ1n) is 5.78. The third-order valence-electron chi connectivity index (χ3n) is 3.81. The maximum atomic E-state index is 10.4. The van der Waals surface area contributed by atoms with E-state index in [1.54, 1.807) is 0 Å². The van der Waals surface area contributed by atoms with Crippen LogP contribution in [-0.4, -0.2) is 30.0 Å². The molecule has 14 heavy (non-hydrogen) atoms. The van der Waals surface area contributed by atoms with E-state index in [1.807, 2.05) is 0 Å². The van der Waals surface area contributed by atoms with Crippen molar-refractivity contribution >= 4 is 0 Å². The van der Waals surface area contributed by atoms with E-state index in [4.69, 9.17) is 10.5 Å². The van der Waals surface area contributed by atoms with Crippen LogP contribution in [0, 0.1) is 5.92 Å². The van der Waals surface area contributed by atoms with Crippen LogP contribution in [0.4, 0.5) is 0 Å². The van der Waals surface area contributed by atoms with Crippen molar-refractivity contribution in [3.05, 3.63) is 0 Å². The fourth-order valence-electron chi connectivity index (χ4n) is 2.77. The van der Waals surface area contributed by atoms with E-state index in [9.17, 15) is 5.11 Å². The van der Waals surface area contributed by atoms with Crippen molar-refractivity contribution in [2.45, 2.75) is 50.2 Å². The van der Waals surface area contributed by atoms with Crippen LogP contribution < -0.4 is 5.73 Å². The summed E-state index contributed by atoms with van der Waals surface area (Å²) in [6.45, 7) is 1.55. The molecule has 1 saturated carbocycles. The van der Waals surface area contributed by atoms with Crippen LogP contribution in [0.25, 0.3) is 0 Å². The molecule has 1 aliphatic heterocycles. The normalized spacial score (nSPS) is 34.3. The van der Waals surface area contributed by atoms with Crippen molar-refractivity contribution in [1.29, 1.82) is 0 Å². The molecule has 3 N–H and O–H groups in total. The second-order valence-corrected chi connectivity index (χ2v) is 4.81. The van der Waals surface area contributed by atoms with E-state index in [1.165, 1.54) is 6.42 Å². The molecule has 2 rings (SSSR count). The highest BCUT2D eigenvalue weighted by Crippen LogP contribution is 2.34. The van der Waals surface area contributed by atoms with E-state index < -0.39 is 5.60 Å². The molecule has 2 atom stereocenters. The molecule has 0 aromatic rings. The minimum Gasteiger partial charge on any atom is -0.388 e. The number of nitrogens with two attached hydrogens (primary N) is 1. The lowest BCUT2D eigenvalue weighted by atomic mass is 9.75. The van der Waals surface area contributed by atoms with Crippen LogP contribution in [0.3, 0.4) is 0 Å². The number of aliphatic hydroxyl groups is 1. The fraction of sp³-hybridized carbons (Fsp3) is 1.00. The van der Waals surface area contributed by atoms with Gasteiger partial charge in [-0.1, -0.05) is 19.3 Å². The largest absolute Gasteiger partial charge is 0.388 e. The highest BCUT2D eigenvalue weighted by molar-refractivity contribution is 4.96. The molecule has 1 aliphatic carbocycles. The lowest BCUT2D eigenvalue weighted by Crippen LogP contribution is -2.53. The van der Waals surface area contributed by atoms with Crippen LogP contribution in [0.15, 0.2) is 0 Å². The Morgan fingerprint density at radius 3 is 2.57 bits per heavy atom. The highest BCUT2D eigenvalue weighted by Gasteiger charge is 2.40. The van der Waals surface area contributed by atoms with Crippen molar-refractivity contribution < 1.29 is 9.84 Å². The van der Waals surface area contributed by atoms with Gasteiger partial charge in [0.2, 0.25) is 0 Å². The summed E-state index contributed by atoms with van der Waals surface area (Å²) in [5.41, 5.74) is 5.56. The second kappa shape index (κ2) is 4.17. The van der Waals surface area contributed by atoms with Gasteiger partial charge in [-0.3, -0.25) is 0 Å². The Morgan fingerprint density at radius 2 is 2.00 bits per heavy atom. The summed E-state index contributed by atoms with van der Waals surface area (Å²) in [6.07, 6.45) is 6.27. The molecule has 3 nitrogen and oxygen atoms in total. The molecule has 82 valence electrons. The van der Waals surface area contributed by atoms with Gasteiger partial charge in [-0.05, 0) is 19.3 Å². The van der Waals surface area contributed by atoms with Crippen LogP contribution in [0.2, 0.25) is 0 Å². The van der Waals surface area contributed by atoms with Gasteiger partial charge < -0.3 is 15.6 Å². The van der Waals surface area contributed by atoms with Gasteiger partial charge in [-0.15, -0.1) is 0 Å². The van der Waals surface area contributed by atoms with E-state index in [2.05, 4.69) is 0 Å². The lowest BCUT2D eigenvalue weighted by Gasteiger charge is -2.39. The topological polar surface area (TPSA) is 55.5 Å². The average Bonchev–Trinajstić information content (AvgIpc) is 2.70. The molecule has 2 aliphatic rings. The minimum absolute atomic E-state index is 0.0784. The Morgan fingerprint density at radius 1 is 1.29 bits per heavy atom. The first-order valence-corrected chi connectivity index (χ1v) is 5.78. The van der Waals surface area contributed by atoms with Gasteiger partial charge in [0.15, 0.2) is 0 Å². The van der Waals surface area contributed by atoms with E-state index >= 15 is 0 Å². The van der Waals surface area contributed by atoms with Gasteiger partial charge in [0, 0.05) is 18.6 Å². The van der Waals surface area contributed by atoms with E-state index in [-0.39, 0.29) is 6.04 Å². The van der Waals surface area contributed by atoms with Gasteiger partial charge in [-0.25, -0.2) is 0 Å². The average molecular weight is 199 g/mol. The molecule has 0 amide bonds. The third-order valence-corrected chi connectivity index (χ3v) is 3.81. The lowest BCUT2D eigenvalue weighted by molar-refractivity contribution is -0.0364. The van der Waals surface area contributed by atoms with Crippen molar-refractivity contribution in [3.63, 3.8) is 0 Å². The Kier molecular flexibility index (Phi) is 3.10. The Hall–Kier alpha value is -0.120. The molecule has 0 aromatic heterocycles. The molecular formula is C11H21NO2. The summed E-state index contributed by atoms with van der Waals surface area (Å²) in [6, 6.07) is -0.0784. The van der Waals surface area contributed by atoms with Gasteiger partial charge in [0.25, 0.3) is 0 Å². The first-order chi connectivity index (χ1) is 6.72. The van der Waals surface area contributed by atoms with Crippen LogP contribution >= 0.6 is 0 Å². The van der Waals surface area contributed by atoms with Gasteiger partial charge in [0.05, 0.1) is 12.2 Å². The maximum Gasteiger partial charge on any atom is 0.0801 e. The standard InChI is InChI=1S/C11H21NO2/c12-10(9-4-7-14-8-9)11(13)5-2-1-3-6-11/h9-10,13H,1-8,12H2. The van der Waals surface area contributed by atoms with Gasteiger partial charge >= 0.3 is 0 Å². The number of hydrogen-bond donors (Lipinski definition) is 2. The summed E-state index contributed by atoms with van der Waals surface area (Å²) in [5, 5.41) is 10.4. The number of rotatable bonds is 2. The molecule has 2 unspecified atom stereocenters. The van der Waals surface area contributed by atoms with Gasteiger partial charge in [-0.2, -0.15) is 0 Å². The van der Waals surface area contributed by atoms with Crippen LogP contribution in [0.1, 0.15) is 38.5 Å². The van der Waals surface area contributed by atoms with Crippen molar-refractivity contribution in [2.75, 3.05) is 13.2 Å². The van der Waals surface area contributed by atoms with Crippen molar-refractivity contribution in [2.24, 2.45) is 11.7 Å². The summed E-state index contributed by atoms with van der Waals surface area (Å²) in [5.74, 6) is 0.373. The zero-order valence-electron chi connectivity index (χ0n) is 8.74. The summed E-state index contributed by atoms with van der Waals surface area (Å²) < 4.78 is 5.32. The Balaban J connectivity index is 1.96. The number of ether oxygens (including phenoxy) is 1. The molecule has 3 heteroatoms. The molecule has 1 heterocycles. The fourth-order valence-corrected chi connectivity index (χ4v) is 2.77. The molecular weight excluding hydrogens is 178 g/mol.